The SMILES string of the molecule is O=C(NCc1ccsc1)C1CCN(c2ccc3nnnn3n2)CC1. The Morgan fingerprint density at radius 1 is 1.29 bits per heavy atom. The van der Waals surface area contributed by atoms with Crippen LogP contribution in [0.1, 0.15) is 18.4 Å². The molecule has 1 amide bonds. The third kappa shape index (κ3) is 3.07. The summed E-state index contributed by atoms with van der Waals surface area (Å²) < 4.78 is 1.43. The van der Waals surface area contributed by atoms with E-state index in [2.05, 4.69) is 36.2 Å². The summed E-state index contributed by atoms with van der Waals surface area (Å²) in [6.07, 6.45) is 1.65. The number of piperidine rings is 1. The number of carbonyl (C=O) groups is 1. The van der Waals surface area contributed by atoms with Crippen LogP contribution in [0.15, 0.2) is 29.0 Å². The van der Waals surface area contributed by atoms with Crippen molar-refractivity contribution in [1.29, 1.82) is 0 Å². The Morgan fingerprint density at radius 3 is 2.96 bits per heavy atom. The number of carbonyl (C=O) groups excluding carboxylic acids is 1. The molecule has 1 aliphatic rings. The maximum absolute atomic E-state index is 12.3. The molecule has 9 heteroatoms. The maximum Gasteiger partial charge on any atom is 0.223 e. The first-order valence-electron chi connectivity index (χ1n) is 7.89. The van der Waals surface area contributed by atoms with Gasteiger partial charge in [-0.1, -0.05) is 0 Å². The van der Waals surface area contributed by atoms with Crippen molar-refractivity contribution < 1.29 is 4.79 Å². The number of hydrogen-bond acceptors (Lipinski definition) is 7. The first kappa shape index (κ1) is 15.0. The molecule has 24 heavy (non-hydrogen) atoms. The van der Waals surface area contributed by atoms with E-state index in [9.17, 15) is 4.79 Å². The first-order chi connectivity index (χ1) is 11.8. The van der Waals surface area contributed by atoms with Gasteiger partial charge in [-0.2, -0.15) is 11.3 Å². The number of rotatable bonds is 4. The summed E-state index contributed by atoms with van der Waals surface area (Å²) in [4.78, 5) is 14.5. The molecule has 0 radical (unpaired) electrons. The third-order valence-electron chi connectivity index (χ3n) is 4.29. The molecule has 8 nitrogen and oxygen atoms in total. The van der Waals surface area contributed by atoms with Crippen LogP contribution in [0.3, 0.4) is 0 Å². The molecule has 0 aliphatic carbocycles. The van der Waals surface area contributed by atoms with Crippen molar-refractivity contribution in [2.45, 2.75) is 19.4 Å². The van der Waals surface area contributed by atoms with Gasteiger partial charge in [-0.05, 0) is 57.8 Å². The highest BCUT2D eigenvalue weighted by Crippen LogP contribution is 2.22. The molecule has 1 aliphatic heterocycles. The molecule has 0 saturated carbocycles. The van der Waals surface area contributed by atoms with Crippen LogP contribution in [-0.2, 0) is 11.3 Å². The number of aromatic nitrogens is 5. The fourth-order valence-electron chi connectivity index (χ4n) is 2.91. The lowest BCUT2D eigenvalue weighted by Crippen LogP contribution is -2.40. The van der Waals surface area contributed by atoms with Gasteiger partial charge in [0.25, 0.3) is 0 Å². The summed E-state index contributed by atoms with van der Waals surface area (Å²) in [5.74, 6) is 1.05. The Labute approximate surface area is 142 Å². The largest absolute Gasteiger partial charge is 0.355 e. The maximum atomic E-state index is 12.3. The second-order valence-corrected chi connectivity index (χ2v) is 6.61. The zero-order chi connectivity index (χ0) is 16.4. The van der Waals surface area contributed by atoms with Gasteiger partial charge in [-0.3, -0.25) is 4.79 Å². The molecule has 4 rings (SSSR count). The molecule has 3 aromatic rings. The summed E-state index contributed by atoms with van der Waals surface area (Å²) in [7, 11) is 0. The molecule has 0 atom stereocenters. The molecule has 1 saturated heterocycles. The Hall–Kier alpha value is -2.55. The monoisotopic (exact) mass is 343 g/mol. The minimum Gasteiger partial charge on any atom is -0.355 e. The van der Waals surface area contributed by atoms with Crippen LogP contribution >= 0.6 is 11.3 Å². The number of anilines is 1. The van der Waals surface area contributed by atoms with Crippen molar-refractivity contribution in [3.63, 3.8) is 0 Å². The van der Waals surface area contributed by atoms with Gasteiger partial charge in [0, 0.05) is 25.6 Å². The van der Waals surface area contributed by atoms with E-state index >= 15 is 0 Å². The lowest BCUT2D eigenvalue weighted by Gasteiger charge is -2.31. The lowest BCUT2D eigenvalue weighted by atomic mass is 9.96. The van der Waals surface area contributed by atoms with Gasteiger partial charge in [0.2, 0.25) is 5.91 Å². The van der Waals surface area contributed by atoms with Crippen LogP contribution in [0.2, 0.25) is 0 Å². The zero-order valence-electron chi connectivity index (χ0n) is 13.0. The van der Waals surface area contributed by atoms with Crippen LogP contribution in [0.25, 0.3) is 5.65 Å². The summed E-state index contributed by atoms with van der Waals surface area (Å²) in [6, 6.07) is 5.80. The zero-order valence-corrected chi connectivity index (χ0v) is 13.8. The number of nitrogens with one attached hydrogen (secondary N) is 1. The summed E-state index contributed by atoms with van der Waals surface area (Å²) in [5, 5.41) is 22.8. The molecule has 1 N–H and O–H groups in total. The second kappa shape index (κ2) is 6.52. The number of tetrazole rings is 1. The van der Waals surface area contributed by atoms with E-state index in [0.29, 0.717) is 12.2 Å². The smallest absolute Gasteiger partial charge is 0.223 e. The molecule has 0 unspecified atom stereocenters. The van der Waals surface area contributed by atoms with Crippen molar-refractivity contribution in [3.8, 4) is 0 Å². The quantitative estimate of drug-likeness (QED) is 0.763. The molecule has 1 fully saturated rings. The summed E-state index contributed by atoms with van der Waals surface area (Å²) in [6.45, 7) is 2.22. The summed E-state index contributed by atoms with van der Waals surface area (Å²) in [5.41, 5.74) is 1.78. The van der Waals surface area contributed by atoms with Crippen molar-refractivity contribution >= 4 is 28.7 Å². The third-order valence-corrected chi connectivity index (χ3v) is 5.02. The van der Waals surface area contributed by atoms with E-state index in [0.717, 1.165) is 37.3 Å². The number of nitrogens with zero attached hydrogens (tertiary/aromatic N) is 6. The minimum absolute atomic E-state index is 0.0663. The number of fused-ring (bicyclic) bond motifs is 1. The predicted octanol–water partition coefficient (Wildman–Crippen LogP) is 1.11. The average Bonchev–Trinajstić information content (AvgIpc) is 3.30. The highest BCUT2D eigenvalue weighted by molar-refractivity contribution is 7.07. The molecular formula is C15H17N7OS. The molecule has 0 spiro atoms. The number of amides is 1. The van der Waals surface area contributed by atoms with E-state index in [1.54, 1.807) is 11.3 Å². The van der Waals surface area contributed by atoms with Crippen LogP contribution in [-0.4, -0.2) is 44.3 Å². The highest BCUT2D eigenvalue weighted by atomic mass is 32.1. The molecule has 3 aromatic heterocycles. The van der Waals surface area contributed by atoms with Crippen LogP contribution in [0.4, 0.5) is 5.82 Å². The number of hydrogen-bond donors (Lipinski definition) is 1. The van der Waals surface area contributed by atoms with Crippen molar-refractivity contribution in [3.05, 3.63) is 34.5 Å². The van der Waals surface area contributed by atoms with Crippen LogP contribution in [0, 0.1) is 5.92 Å². The van der Waals surface area contributed by atoms with Gasteiger partial charge >= 0.3 is 0 Å². The standard InChI is InChI=1S/C15H17N7OS/c23-15(16-9-11-5-8-24-10-11)12-3-6-21(7-4-12)14-2-1-13-17-19-20-22(13)18-14/h1-2,5,8,10,12H,3-4,6-7,9H2,(H,16,23). The van der Waals surface area contributed by atoms with E-state index < -0.39 is 0 Å². The van der Waals surface area contributed by atoms with E-state index in [1.165, 1.54) is 4.63 Å². The average molecular weight is 343 g/mol. The van der Waals surface area contributed by atoms with Gasteiger partial charge in [0.15, 0.2) is 11.5 Å². The molecular weight excluding hydrogens is 326 g/mol. The van der Waals surface area contributed by atoms with E-state index in [-0.39, 0.29) is 11.8 Å². The van der Waals surface area contributed by atoms with Crippen LogP contribution in [0.5, 0.6) is 0 Å². The fourth-order valence-corrected chi connectivity index (χ4v) is 3.58. The molecule has 0 aromatic carbocycles. The predicted molar refractivity (Wildman–Crippen MR) is 89.7 cm³/mol. The second-order valence-electron chi connectivity index (χ2n) is 5.83. The van der Waals surface area contributed by atoms with Gasteiger partial charge in [-0.15, -0.1) is 14.8 Å². The fraction of sp³-hybridized carbons (Fsp3) is 0.400. The lowest BCUT2D eigenvalue weighted by molar-refractivity contribution is -0.125. The Balaban J connectivity index is 1.33. The van der Waals surface area contributed by atoms with Gasteiger partial charge < -0.3 is 10.2 Å². The van der Waals surface area contributed by atoms with Crippen molar-refractivity contribution in [1.82, 2.24) is 30.6 Å². The van der Waals surface area contributed by atoms with Gasteiger partial charge in [0.05, 0.1) is 0 Å². The first-order valence-corrected chi connectivity index (χ1v) is 8.83. The Kier molecular flexibility index (Phi) is 4.08. The summed E-state index contributed by atoms with van der Waals surface area (Å²) >= 11 is 1.65. The molecule has 0 bridgehead atoms. The van der Waals surface area contributed by atoms with Gasteiger partial charge in [0.1, 0.15) is 0 Å². The van der Waals surface area contributed by atoms with E-state index in [4.69, 9.17) is 0 Å². The van der Waals surface area contributed by atoms with Gasteiger partial charge in [-0.25, -0.2) is 0 Å². The minimum atomic E-state index is 0.0663. The Bertz CT molecular complexity index is 823. The highest BCUT2D eigenvalue weighted by Gasteiger charge is 2.25. The molecule has 124 valence electrons. The normalized spacial score (nSPS) is 15.8. The molecule has 4 heterocycles. The topological polar surface area (TPSA) is 88.3 Å². The van der Waals surface area contributed by atoms with Crippen molar-refractivity contribution in [2.24, 2.45) is 5.92 Å². The van der Waals surface area contributed by atoms with Crippen LogP contribution < -0.4 is 10.2 Å². The van der Waals surface area contributed by atoms with E-state index in [1.807, 2.05) is 23.6 Å². The number of thiophene rings is 1. The Morgan fingerprint density at radius 2 is 2.17 bits per heavy atom. The van der Waals surface area contributed by atoms with Crippen molar-refractivity contribution in [2.75, 3.05) is 18.0 Å².